The molecule has 2 aromatic heterocycles. The van der Waals surface area contributed by atoms with E-state index < -0.39 is 0 Å². The van der Waals surface area contributed by atoms with Gasteiger partial charge in [0.2, 0.25) is 11.8 Å². The van der Waals surface area contributed by atoms with Gasteiger partial charge in [-0.3, -0.25) is 9.78 Å². The predicted molar refractivity (Wildman–Crippen MR) is 92.4 cm³/mol. The second-order valence-corrected chi connectivity index (χ2v) is 7.85. The summed E-state index contributed by atoms with van der Waals surface area (Å²) in [6, 6.07) is 3.63. The van der Waals surface area contributed by atoms with E-state index in [1.807, 2.05) is 24.0 Å². The number of aromatic nitrogens is 3. The molecule has 1 fully saturated rings. The maximum absolute atomic E-state index is 12.7. The Morgan fingerprint density at radius 1 is 1.25 bits per heavy atom. The van der Waals surface area contributed by atoms with E-state index in [1.54, 1.807) is 12.4 Å². The number of hydrogen-bond donors (Lipinski definition) is 0. The first-order chi connectivity index (χ1) is 11.5. The SMILES string of the molecule is CC1CC(C)CN(C(=O)C(C)Sc2nnc(-c3ccncc3)o2)C1. The summed E-state index contributed by atoms with van der Waals surface area (Å²) >= 11 is 1.32. The van der Waals surface area contributed by atoms with Crippen LogP contribution in [0.15, 0.2) is 34.2 Å². The number of rotatable bonds is 4. The average Bonchev–Trinajstić information content (AvgIpc) is 3.02. The van der Waals surface area contributed by atoms with Crippen molar-refractivity contribution in [1.29, 1.82) is 0 Å². The Bertz CT molecular complexity index is 681. The van der Waals surface area contributed by atoms with Crippen LogP contribution in [-0.2, 0) is 4.79 Å². The van der Waals surface area contributed by atoms with Crippen molar-refractivity contribution in [3.05, 3.63) is 24.5 Å². The molecular weight excluding hydrogens is 324 g/mol. The van der Waals surface area contributed by atoms with Crippen LogP contribution >= 0.6 is 11.8 Å². The zero-order valence-electron chi connectivity index (χ0n) is 14.2. The van der Waals surface area contributed by atoms with Crippen LogP contribution in [0.2, 0.25) is 0 Å². The quantitative estimate of drug-likeness (QED) is 0.792. The van der Waals surface area contributed by atoms with Crippen LogP contribution in [0.1, 0.15) is 27.2 Å². The Morgan fingerprint density at radius 2 is 1.92 bits per heavy atom. The number of hydrogen-bond acceptors (Lipinski definition) is 6. The molecule has 0 radical (unpaired) electrons. The molecule has 6 nitrogen and oxygen atoms in total. The van der Waals surface area contributed by atoms with E-state index in [1.165, 1.54) is 18.2 Å². The molecular formula is C17H22N4O2S. The minimum Gasteiger partial charge on any atom is -0.411 e. The number of nitrogens with zero attached hydrogens (tertiary/aromatic N) is 4. The zero-order valence-corrected chi connectivity index (χ0v) is 15.0. The molecule has 0 spiro atoms. The molecule has 3 heterocycles. The van der Waals surface area contributed by atoms with E-state index >= 15 is 0 Å². The van der Waals surface area contributed by atoms with Gasteiger partial charge in [0.05, 0.1) is 5.25 Å². The lowest BCUT2D eigenvalue weighted by Gasteiger charge is -2.36. The highest BCUT2D eigenvalue weighted by molar-refractivity contribution is 8.00. The van der Waals surface area contributed by atoms with Gasteiger partial charge in [0.1, 0.15) is 0 Å². The second kappa shape index (κ2) is 7.34. The summed E-state index contributed by atoms with van der Waals surface area (Å²) in [5.74, 6) is 1.69. The molecule has 0 bridgehead atoms. The Balaban J connectivity index is 1.63. The fourth-order valence-electron chi connectivity index (χ4n) is 3.17. The smallest absolute Gasteiger partial charge is 0.277 e. The molecule has 1 aliphatic heterocycles. The average molecular weight is 346 g/mol. The highest BCUT2D eigenvalue weighted by atomic mass is 32.2. The van der Waals surface area contributed by atoms with Crippen molar-refractivity contribution < 1.29 is 9.21 Å². The number of carbonyl (C=O) groups excluding carboxylic acids is 1. The van der Waals surface area contributed by atoms with Gasteiger partial charge in [0.15, 0.2) is 0 Å². The van der Waals surface area contributed by atoms with Crippen molar-refractivity contribution in [3.8, 4) is 11.5 Å². The molecule has 0 aliphatic carbocycles. The van der Waals surface area contributed by atoms with Crippen molar-refractivity contribution in [3.63, 3.8) is 0 Å². The molecule has 128 valence electrons. The number of amides is 1. The standard InChI is InChI=1S/C17H22N4O2S/c1-11-8-12(2)10-21(9-11)16(22)13(3)24-17-20-19-15(23-17)14-4-6-18-7-5-14/h4-7,11-13H,8-10H2,1-3H3. The van der Waals surface area contributed by atoms with Crippen LogP contribution < -0.4 is 0 Å². The minimum absolute atomic E-state index is 0.141. The monoisotopic (exact) mass is 346 g/mol. The Hall–Kier alpha value is -1.89. The Morgan fingerprint density at radius 3 is 2.58 bits per heavy atom. The van der Waals surface area contributed by atoms with Crippen molar-refractivity contribution in [2.45, 2.75) is 37.7 Å². The normalized spacial score (nSPS) is 22.4. The lowest BCUT2D eigenvalue weighted by atomic mass is 9.92. The van der Waals surface area contributed by atoms with Crippen LogP contribution in [-0.4, -0.2) is 44.3 Å². The molecule has 7 heteroatoms. The maximum Gasteiger partial charge on any atom is 0.277 e. The lowest BCUT2D eigenvalue weighted by Crippen LogP contribution is -2.45. The summed E-state index contributed by atoms with van der Waals surface area (Å²) in [5.41, 5.74) is 0.821. The van der Waals surface area contributed by atoms with Gasteiger partial charge in [-0.2, -0.15) is 0 Å². The molecule has 3 rings (SSSR count). The third-order valence-corrected chi connectivity index (χ3v) is 5.06. The summed E-state index contributed by atoms with van der Waals surface area (Å²) in [6.07, 6.45) is 4.54. The molecule has 0 aromatic carbocycles. The van der Waals surface area contributed by atoms with E-state index in [2.05, 4.69) is 29.0 Å². The first-order valence-electron chi connectivity index (χ1n) is 8.22. The van der Waals surface area contributed by atoms with Gasteiger partial charge < -0.3 is 9.32 Å². The Labute approximate surface area is 146 Å². The van der Waals surface area contributed by atoms with Gasteiger partial charge in [-0.1, -0.05) is 25.6 Å². The van der Waals surface area contributed by atoms with Gasteiger partial charge in [0.25, 0.3) is 5.22 Å². The maximum atomic E-state index is 12.7. The van der Waals surface area contributed by atoms with Crippen LogP contribution in [0.25, 0.3) is 11.5 Å². The minimum atomic E-state index is -0.242. The van der Waals surface area contributed by atoms with Crippen molar-refractivity contribution in [2.24, 2.45) is 11.8 Å². The van der Waals surface area contributed by atoms with E-state index in [4.69, 9.17) is 4.42 Å². The fourth-order valence-corrected chi connectivity index (χ4v) is 3.94. The highest BCUT2D eigenvalue weighted by Gasteiger charge is 2.29. The first-order valence-corrected chi connectivity index (χ1v) is 9.10. The van der Waals surface area contributed by atoms with Crippen LogP contribution in [0, 0.1) is 11.8 Å². The molecule has 1 saturated heterocycles. The second-order valence-electron chi connectivity index (χ2n) is 6.56. The van der Waals surface area contributed by atoms with Gasteiger partial charge >= 0.3 is 0 Å². The van der Waals surface area contributed by atoms with Crippen LogP contribution in [0.4, 0.5) is 0 Å². The molecule has 2 aromatic rings. The van der Waals surface area contributed by atoms with E-state index in [-0.39, 0.29) is 11.2 Å². The largest absolute Gasteiger partial charge is 0.411 e. The number of carbonyl (C=O) groups is 1. The topological polar surface area (TPSA) is 72.1 Å². The van der Waals surface area contributed by atoms with Gasteiger partial charge in [-0.25, -0.2) is 0 Å². The molecule has 0 N–H and O–H groups in total. The van der Waals surface area contributed by atoms with Crippen LogP contribution in [0.5, 0.6) is 0 Å². The molecule has 1 amide bonds. The van der Waals surface area contributed by atoms with E-state index in [9.17, 15) is 4.79 Å². The van der Waals surface area contributed by atoms with E-state index in [0.29, 0.717) is 22.9 Å². The number of thioether (sulfide) groups is 1. The van der Waals surface area contributed by atoms with Gasteiger partial charge in [0, 0.05) is 31.0 Å². The predicted octanol–water partition coefficient (Wildman–Crippen LogP) is 3.12. The Kier molecular flexibility index (Phi) is 5.18. The molecule has 3 atom stereocenters. The third-order valence-electron chi connectivity index (χ3n) is 4.14. The third kappa shape index (κ3) is 3.95. The highest BCUT2D eigenvalue weighted by Crippen LogP contribution is 2.28. The van der Waals surface area contributed by atoms with Gasteiger partial charge in [-0.15, -0.1) is 10.2 Å². The number of piperidine rings is 1. The number of likely N-dealkylation sites (tertiary alicyclic amines) is 1. The van der Waals surface area contributed by atoms with Gasteiger partial charge in [-0.05, 0) is 37.3 Å². The summed E-state index contributed by atoms with van der Waals surface area (Å²) < 4.78 is 5.66. The zero-order chi connectivity index (χ0) is 17.1. The lowest BCUT2D eigenvalue weighted by molar-refractivity contribution is -0.132. The van der Waals surface area contributed by atoms with Crippen molar-refractivity contribution in [2.75, 3.05) is 13.1 Å². The summed E-state index contributed by atoms with van der Waals surface area (Å²) in [4.78, 5) is 18.6. The van der Waals surface area contributed by atoms with Crippen molar-refractivity contribution >= 4 is 17.7 Å². The van der Waals surface area contributed by atoms with Crippen LogP contribution in [0.3, 0.4) is 0 Å². The molecule has 24 heavy (non-hydrogen) atoms. The summed E-state index contributed by atoms with van der Waals surface area (Å²) in [5, 5.41) is 8.27. The summed E-state index contributed by atoms with van der Waals surface area (Å²) in [7, 11) is 0. The molecule has 1 aliphatic rings. The molecule has 0 saturated carbocycles. The molecule has 3 unspecified atom stereocenters. The van der Waals surface area contributed by atoms with E-state index in [0.717, 1.165) is 18.7 Å². The first kappa shape index (κ1) is 17.0. The van der Waals surface area contributed by atoms with Crippen molar-refractivity contribution in [1.82, 2.24) is 20.1 Å². The summed E-state index contributed by atoms with van der Waals surface area (Å²) in [6.45, 7) is 7.97. The fraction of sp³-hybridized carbons (Fsp3) is 0.529. The number of pyridine rings is 1.